The number of amides is 1. The molecule has 0 bridgehead atoms. The molecule has 2 rings (SSSR count). The van der Waals surface area contributed by atoms with Gasteiger partial charge in [0.2, 0.25) is 0 Å². The van der Waals surface area contributed by atoms with Crippen molar-refractivity contribution in [1.29, 1.82) is 0 Å². The maximum atomic E-state index is 11.9. The molecular formula is C13H16ClNO. The van der Waals surface area contributed by atoms with Crippen LogP contribution in [-0.2, 0) is 0 Å². The van der Waals surface area contributed by atoms with Crippen LogP contribution in [0, 0.1) is 0 Å². The minimum Gasteiger partial charge on any atom is -0.349 e. The van der Waals surface area contributed by atoms with Gasteiger partial charge in [0.15, 0.2) is 0 Å². The number of carbonyl (C=O) groups excluding carboxylic acids is 1. The van der Waals surface area contributed by atoms with E-state index in [1.165, 1.54) is 19.3 Å². The zero-order chi connectivity index (χ0) is 11.4. The van der Waals surface area contributed by atoms with E-state index in [0.717, 1.165) is 12.8 Å². The fourth-order valence-electron chi connectivity index (χ4n) is 2.16. The quantitative estimate of drug-likeness (QED) is 0.839. The van der Waals surface area contributed by atoms with Gasteiger partial charge < -0.3 is 5.32 Å². The predicted octanol–water partition coefficient (Wildman–Crippen LogP) is 3.40. The average Bonchev–Trinajstić information content (AvgIpc) is 2.31. The van der Waals surface area contributed by atoms with Crippen molar-refractivity contribution in [3.05, 3.63) is 34.9 Å². The molecule has 0 aliphatic heterocycles. The number of hydrogen-bond donors (Lipinski definition) is 1. The highest BCUT2D eigenvalue weighted by Crippen LogP contribution is 2.19. The van der Waals surface area contributed by atoms with E-state index in [1.54, 1.807) is 12.1 Å². The van der Waals surface area contributed by atoms with Crippen LogP contribution in [0.3, 0.4) is 0 Å². The first-order chi connectivity index (χ1) is 7.77. The number of halogens is 1. The van der Waals surface area contributed by atoms with Crippen molar-refractivity contribution < 1.29 is 4.79 Å². The van der Waals surface area contributed by atoms with Gasteiger partial charge in [0.25, 0.3) is 5.91 Å². The second-order valence-electron chi connectivity index (χ2n) is 4.29. The maximum absolute atomic E-state index is 11.9. The molecule has 0 saturated heterocycles. The van der Waals surface area contributed by atoms with Crippen molar-refractivity contribution in [3.63, 3.8) is 0 Å². The largest absolute Gasteiger partial charge is 0.349 e. The number of rotatable bonds is 2. The molecule has 0 spiro atoms. The van der Waals surface area contributed by atoms with Gasteiger partial charge in [-0.1, -0.05) is 43.0 Å². The molecule has 86 valence electrons. The minimum atomic E-state index is -0.0440. The summed E-state index contributed by atoms with van der Waals surface area (Å²) >= 11 is 5.98. The Labute approximate surface area is 101 Å². The van der Waals surface area contributed by atoms with Crippen LogP contribution in [0.2, 0.25) is 5.02 Å². The summed E-state index contributed by atoms with van der Waals surface area (Å²) in [5.74, 6) is -0.0440. The summed E-state index contributed by atoms with van der Waals surface area (Å²) in [6.07, 6.45) is 5.91. The number of nitrogens with one attached hydrogen (secondary N) is 1. The molecule has 0 atom stereocenters. The first-order valence-electron chi connectivity index (χ1n) is 5.83. The van der Waals surface area contributed by atoms with Crippen molar-refractivity contribution in [2.45, 2.75) is 38.1 Å². The molecule has 1 amide bonds. The molecule has 1 aromatic rings. The van der Waals surface area contributed by atoms with Gasteiger partial charge in [-0.3, -0.25) is 4.79 Å². The van der Waals surface area contributed by atoms with Gasteiger partial charge >= 0.3 is 0 Å². The third-order valence-electron chi connectivity index (χ3n) is 3.06. The van der Waals surface area contributed by atoms with Crippen LogP contribution in [0.15, 0.2) is 24.3 Å². The molecular weight excluding hydrogens is 222 g/mol. The average molecular weight is 238 g/mol. The molecule has 0 aromatic heterocycles. The Hall–Kier alpha value is -1.02. The van der Waals surface area contributed by atoms with Crippen molar-refractivity contribution in [2.24, 2.45) is 0 Å². The van der Waals surface area contributed by atoms with Crippen molar-refractivity contribution in [1.82, 2.24) is 5.32 Å². The van der Waals surface area contributed by atoms with Crippen LogP contribution in [0.1, 0.15) is 42.5 Å². The fraction of sp³-hybridized carbons (Fsp3) is 0.462. The molecule has 1 aliphatic carbocycles. The van der Waals surface area contributed by atoms with Gasteiger partial charge in [0.1, 0.15) is 0 Å². The van der Waals surface area contributed by atoms with Crippen molar-refractivity contribution >= 4 is 17.5 Å². The summed E-state index contributed by atoms with van der Waals surface area (Å²) in [7, 11) is 0. The van der Waals surface area contributed by atoms with E-state index >= 15 is 0 Å². The first-order valence-corrected chi connectivity index (χ1v) is 6.20. The lowest BCUT2D eigenvalue weighted by atomic mass is 9.95. The number of benzene rings is 1. The van der Waals surface area contributed by atoms with Crippen LogP contribution < -0.4 is 5.32 Å². The Morgan fingerprint density at radius 2 is 1.88 bits per heavy atom. The minimum absolute atomic E-state index is 0.0440. The zero-order valence-electron chi connectivity index (χ0n) is 9.21. The van der Waals surface area contributed by atoms with Crippen LogP contribution in [0.5, 0.6) is 0 Å². The van der Waals surface area contributed by atoms with Crippen molar-refractivity contribution in [2.75, 3.05) is 0 Å². The van der Waals surface area contributed by atoms with Crippen LogP contribution in [0.25, 0.3) is 0 Å². The molecule has 1 aliphatic rings. The molecule has 16 heavy (non-hydrogen) atoms. The Morgan fingerprint density at radius 3 is 2.56 bits per heavy atom. The maximum Gasteiger partial charge on any atom is 0.253 e. The van der Waals surface area contributed by atoms with Gasteiger partial charge in [0.05, 0.1) is 10.6 Å². The van der Waals surface area contributed by atoms with Crippen LogP contribution in [-0.4, -0.2) is 11.9 Å². The lowest BCUT2D eigenvalue weighted by Crippen LogP contribution is -2.36. The van der Waals surface area contributed by atoms with Crippen LogP contribution in [0.4, 0.5) is 0 Å². The normalized spacial score (nSPS) is 17.1. The van der Waals surface area contributed by atoms with E-state index in [9.17, 15) is 4.79 Å². The third-order valence-corrected chi connectivity index (χ3v) is 3.39. The Balaban J connectivity index is 2.00. The smallest absolute Gasteiger partial charge is 0.253 e. The van der Waals surface area contributed by atoms with E-state index in [4.69, 9.17) is 11.6 Å². The Bertz CT molecular complexity index is 372. The predicted molar refractivity (Wildman–Crippen MR) is 65.8 cm³/mol. The molecule has 1 aromatic carbocycles. The molecule has 0 radical (unpaired) electrons. The summed E-state index contributed by atoms with van der Waals surface area (Å²) in [4.78, 5) is 11.9. The van der Waals surface area contributed by atoms with Gasteiger partial charge in [-0.05, 0) is 25.0 Å². The highest BCUT2D eigenvalue weighted by Gasteiger charge is 2.17. The van der Waals surface area contributed by atoms with Gasteiger partial charge in [-0.2, -0.15) is 0 Å². The first kappa shape index (κ1) is 11.5. The summed E-state index contributed by atoms with van der Waals surface area (Å²) in [5.41, 5.74) is 0.578. The lowest BCUT2D eigenvalue weighted by molar-refractivity contribution is 0.0928. The number of hydrogen-bond acceptors (Lipinski definition) is 1. The van der Waals surface area contributed by atoms with E-state index < -0.39 is 0 Å². The molecule has 0 heterocycles. The highest BCUT2D eigenvalue weighted by atomic mass is 35.5. The Kier molecular flexibility index (Phi) is 3.83. The summed E-state index contributed by atoms with van der Waals surface area (Å²) < 4.78 is 0. The second-order valence-corrected chi connectivity index (χ2v) is 4.70. The van der Waals surface area contributed by atoms with Crippen molar-refractivity contribution in [3.8, 4) is 0 Å². The lowest BCUT2D eigenvalue weighted by Gasteiger charge is -2.22. The molecule has 1 saturated carbocycles. The molecule has 2 nitrogen and oxygen atoms in total. The zero-order valence-corrected chi connectivity index (χ0v) is 9.96. The number of carbonyl (C=O) groups is 1. The second kappa shape index (κ2) is 5.35. The Morgan fingerprint density at radius 1 is 1.19 bits per heavy atom. The van der Waals surface area contributed by atoms with E-state index in [-0.39, 0.29) is 5.91 Å². The van der Waals surface area contributed by atoms with Gasteiger partial charge in [0, 0.05) is 6.04 Å². The molecule has 1 fully saturated rings. The standard InChI is InChI=1S/C13H16ClNO/c14-12-9-5-4-8-11(12)13(16)15-10-6-2-1-3-7-10/h4-5,8-10H,1-3,6-7H2,(H,15,16). The monoisotopic (exact) mass is 237 g/mol. The topological polar surface area (TPSA) is 29.1 Å². The van der Waals surface area contributed by atoms with Gasteiger partial charge in [-0.25, -0.2) is 0 Å². The molecule has 3 heteroatoms. The fourth-order valence-corrected chi connectivity index (χ4v) is 2.38. The van der Waals surface area contributed by atoms with Gasteiger partial charge in [-0.15, -0.1) is 0 Å². The summed E-state index contributed by atoms with van der Waals surface area (Å²) in [6, 6.07) is 7.51. The molecule has 1 N–H and O–H groups in total. The van der Waals surface area contributed by atoms with Crippen LogP contribution >= 0.6 is 11.6 Å². The summed E-state index contributed by atoms with van der Waals surface area (Å²) in [6.45, 7) is 0. The third kappa shape index (κ3) is 2.76. The molecule has 0 unspecified atom stereocenters. The van der Waals surface area contributed by atoms with E-state index in [2.05, 4.69) is 5.32 Å². The SMILES string of the molecule is O=C(NC1CCCCC1)c1ccccc1Cl. The van der Waals surface area contributed by atoms with E-state index in [1.807, 2.05) is 12.1 Å². The summed E-state index contributed by atoms with van der Waals surface area (Å²) in [5, 5.41) is 3.58. The van der Waals surface area contributed by atoms with E-state index in [0.29, 0.717) is 16.6 Å². The highest BCUT2D eigenvalue weighted by molar-refractivity contribution is 6.33.